The molecule has 0 aliphatic heterocycles. The number of methoxy groups -OCH3 is 2. The summed E-state index contributed by atoms with van der Waals surface area (Å²) in [7, 11) is 3.06. The van der Waals surface area contributed by atoms with Gasteiger partial charge >= 0.3 is 5.97 Å². The Balaban J connectivity index is 1.68. The first kappa shape index (κ1) is 25.3. The molecular formula is C27H28N2O6. The van der Waals surface area contributed by atoms with E-state index in [2.05, 4.69) is 10.6 Å². The summed E-state index contributed by atoms with van der Waals surface area (Å²) in [4.78, 5) is 36.8. The van der Waals surface area contributed by atoms with Crippen molar-refractivity contribution < 1.29 is 29.0 Å². The molecular weight excluding hydrogens is 448 g/mol. The van der Waals surface area contributed by atoms with Crippen molar-refractivity contribution in [1.29, 1.82) is 0 Å². The van der Waals surface area contributed by atoms with Crippen LogP contribution in [0.3, 0.4) is 0 Å². The van der Waals surface area contributed by atoms with E-state index in [0.717, 1.165) is 11.1 Å². The predicted octanol–water partition coefficient (Wildman–Crippen LogP) is 3.65. The van der Waals surface area contributed by atoms with Crippen LogP contribution in [-0.4, -0.2) is 43.2 Å². The Bertz CT molecular complexity index is 1160. The maximum Gasteiger partial charge on any atom is 0.303 e. The summed E-state index contributed by atoms with van der Waals surface area (Å²) in [5, 5.41) is 14.5. The van der Waals surface area contributed by atoms with E-state index in [0.29, 0.717) is 22.6 Å². The zero-order valence-corrected chi connectivity index (χ0v) is 19.6. The number of carboxylic acid groups (broad SMARTS) is 1. The monoisotopic (exact) mass is 476 g/mol. The molecule has 1 atom stereocenters. The van der Waals surface area contributed by atoms with Crippen molar-refractivity contribution in [1.82, 2.24) is 10.6 Å². The molecule has 8 nitrogen and oxygen atoms in total. The maximum absolute atomic E-state index is 12.9. The Morgan fingerprint density at radius 2 is 1.57 bits per heavy atom. The molecule has 3 rings (SSSR count). The number of carbonyl (C=O) groups is 3. The van der Waals surface area contributed by atoms with Gasteiger partial charge in [0.05, 0.1) is 14.2 Å². The number of hydrogen-bond donors (Lipinski definition) is 3. The summed E-state index contributed by atoms with van der Waals surface area (Å²) < 4.78 is 10.5. The lowest BCUT2D eigenvalue weighted by Gasteiger charge is -2.19. The standard InChI is InChI=1S/C27H28N2O6/c1-34-22-13-12-21(24(16-22)35-2)17-28-27(33)23(14-15-25(30)31)29-26(32)20-10-8-19(9-11-20)18-6-4-3-5-7-18/h3-13,16,23H,14-15,17H2,1-2H3,(H,28,33)(H,29,32)(H,30,31)/t23-/m0/s1. The van der Waals surface area contributed by atoms with Crippen molar-refractivity contribution in [2.75, 3.05) is 14.2 Å². The van der Waals surface area contributed by atoms with Gasteiger partial charge in [0.15, 0.2) is 0 Å². The number of nitrogens with one attached hydrogen (secondary N) is 2. The Hall–Kier alpha value is -4.33. The number of amides is 2. The van der Waals surface area contributed by atoms with E-state index in [4.69, 9.17) is 14.6 Å². The van der Waals surface area contributed by atoms with E-state index in [1.54, 1.807) is 37.4 Å². The molecule has 0 saturated heterocycles. The zero-order chi connectivity index (χ0) is 25.2. The Kier molecular flexibility index (Phi) is 8.83. The quantitative estimate of drug-likeness (QED) is 0.389. The number of carboxylic acids is 1. The number of benzene rings is 3. The number of aliphatic carboxylic acids is 1. The van der Waals surface area contributed by atoms with Gasteiger partial charge in [-0.25, -0.2) is 0 Å². The second-order valence-corrected chi connectivity index (χ2v) is 7.80. The van der Waals surface area contributed by atoms with Crippen LogP contribution in [0.1, 0.15) is 28.8 Å². The molecule has 8 heteroatoms. The van der Waals surface area contributed by atoms with Crippen LogP contribution in [0, 0.1) is 0 Å². The van der Waals surface area contributed by atoms with Crippen LogP contribution in [0.5, 0.6) is 11.5 Å². The van der Waals surface area contributed by atoms with Gasteiger partial charge < -0.3 is 25.2 Å². The van der Waals surface area contributed by atoms with Gasteiger partial charge in [-0.2, -0.15) is 0 Å². The molecule has 0 spiro atoms. The van der Waals surface area contributed by atoms with Crippen molar-refractivity contribution in [3.8, 4) is 22.6 Å². The van der Waals surface area contributed by atoms with Crippen molar-refractivity contribution in [2.24, 2.45) is 0 Å². The first-order valence-electron chi connectivity index (χ1n) is 11.1. The average Bonchev–Trinajstić information content (AvgIpc) is 2.89. The van der Waals surface area contributed by atoms with Crippen LogP contribution in [0.2, 0.25) is 0 Å². The van der Waals surface area contributed by atoms with E-state index in [1.165, 1.54) is 7.11 Å². The van der Waals surface area contributed by atoms with Crippen LogP contribution in [0.15, 0.2) is 72.8 Å². The summed E-state index contributed by atoms with van der Waals surface area (Å²) in [6, 6.07) is 20.9. The minimum absolute atomic E-state index is 0.0469. The van der Waals surface area contributed by atoms with Gasteiger partial charge in [-0.3, -0.25) is 14.4 Å². The molecule has 0 saturated carbocycles. The molecule has 35 heavy (non-hydrogen) atoms. The Morgan fingerprint density at radius 1 is 0.886 bits per heavy atom. The smallest absolute Gasteiger partial charge is 0.303 e. The fourth-order valence-corrected chi connectivity index (χ4v) is 3.53. The van der Waals surface area contributed by atoms with Crippen molar-refractivity contribution in [2.45, 2.75) is 25.4 Å². The largest absolute Gasteiger partial charge is 0.497 e. The van der Waals surface area contributed by atoms with Crippen molar-refractivity contribution in [3.63, 3.8) is 0 Å². The molecule has 3 N–H and O–H groups in total. The topological polar surface area (TPSA) is 114 Å². The fourth-order valence-electron chi connectivity index (χ4n) is 3.53. The van der Waals surface area contributed by atoms with Gasteiger partial charge in [-0.1, -0.05) is 42.5 Å². The molecule has 0 aromatic heterocycles. The SMILES string of the molecule is COc1ccc(CNC(=O)[C@H](CCC(=O)O)NC(=O)c2ccc(-c3ccccc3)cc2)c(OC)c1. The van der Waals surface area contributed by atoms with Gasteiger partial charge in [0.1, 0.15) is 17.5 Å². The normalized spacial score (nSPS) is 11.3. The highest BCUT2D eigenvalue weighted by Crippen LogP contribution is 2.24. The lowest BCUT2D eigenvalue weighted by atomic mass is 10.0. The molecule has 0 radical (unpaired) electrons. The highest BCUT2D eigenvalue weighted by molar-refractivity contribution is 5.98. The Morgan fingerprint density at radius 3 is 2.20 bits per heavy atom. The molecule has 0 heterocycles. The highest BCUT2D eigenvalue weighted by Gasteiger charge is 2.23. The molecule has 0 fully saturated rings. The number of ether oxygens (including phenoxy) is 2. The molecule has 2 amide bonds. The molecule has 0 aliphatic rings. The van der Waals surface area contributed by atoms with Gasteiger partial charge in [-0.15, -0.1) is 0 Å². The molecule has 0 aliphatic carbocycles. The second-order valence-electron chi connectivity index (χ2n) is 7.80. The molecule has 0 bridgehead atoms. The summed E-state index contributed by atoms with van der Waals surface area (Å²) in [6.07, 6.45) is -0.314. The molecule has 3 aromatic carbocycles. The predicted molar refractivity (Wildman–Crippen MR) is 131 cm³/mol. The number of carbonyl (C=O) groups excluding carboxylic acids is 2. The summed E-state index contributed by atoms with van der Waals surface area (Å²) in [6.45, 7) is 0.136. The zero-order valence-electron chi connectivity index (χ0n) is 19.6. The molecule has 182 valence electrons. The van der Waals surface area contributed by atoms with E-state index >= 15 is 0 Å². The van der Waals surface area contributed by atoms with Crippen LogP contribution < -0.4 is 20.1 Å². The third-order valence-electron chi connectivity index (χ3n) is 5.47. The third kappa shape index (κ3) is 7.07. The third-order valence-corrected chi connectivity index (χ3v) is 5.47. The fraction of sp³-hybridized carbons (Fsp3) is 0.222. The Labute approximate surface area is 203 Å². The van der Waals surface area contributed by atoms with Crippen LogP contribution in [-0.2, 0) is 16.1 Å². The van der Waals surface area contributed by atoms with Crippen LogP contribution in [0.25, 0.3) is 11.1 Å². The van der Waals surface area contributed by atoms with E-state index in [-0.39, 0.29) is 19.4 Å². The summed E-state index contributed by atoms with van der Waals surface area (Å²) >= 11 is 0. The van der Waals surface area contributed by atoms with Gasteiger partial charge in [-0.05, 0) is 41.8 Å². The lowest BCUT2D eigenvalue weighted by molar-refractivity contribution is -0.137. The maximum atomic E-state index is 12.9. The van der Waals surface area contributed by atoms with Gasteiger partial charge in [0.2, 0.25) is 5.91 Å². The van der Waals surface area contributed by atoms with Crippen molar-refractivity contribution in [3.05, 3.63) is 83.9 Å². The van der Waals surface area contributed by atoms with Gasteiger partial charge in [0, 0.05) is 30.2 Å². The second kappa shape index (κ2) is 12.2. The van der Waals surface area contributed by atoms with E-state index < -0.39 is 23.8 Å². The van der Waals surface area contributed by atoms with E-state index in [9.17, 15) is 14.4 Å². The lowest BCUT2D eigenvalue weighted by Crippen LogP contribution is -2.46. The van der Waals surface area contributed by atoms with Crippen molar-refractivity contribution >= 4 is 17.8 Å². The van der Waals surface area contributed by atoms with Crippen LogP contribution >= 0.6 is 0 Å². The highest BCUT2D eigenvalue weighted by atomic mass is 16.5. The minimum atomic E-state index is -1.05. The molecule has 0 unspecified atom stereocenters. The van der Waals surface area contributed by atoms with E-state index in [1.807, 2.05) is 42.5 Å². The summed E-state index contributed by atoms with van der Waals surface area (Å²) in [5.41, 5.74) is 3.05. The number of hydrogen-bond acceptors (Lipinski definition) is 5. The summed E-state index contributed by atoms with van der Waals surface area (Å²) in [5.74, 6) is -0.854. The first-order valence-corrected chi connectivity index (χ1v) is 11.1. The molecule has 3 aromatic rings. The number of rotatable bonds is 11. The minimum Gasteiger partial charge on any atom is -0.497 e. The average molecular weight is 477 g/mol. The first-order chi connectivity index (χ1) is 16.9. The van der Waals surface area contributed by atoms with Crippen LogP contribution in [0.4, 0.5) is 0 Å². The van der Waals surface area contributed by atoms with Gasteiger partial charge in [0.25, 0.3) is 5.91 Å².